The smallest absolute Gasteiger partial charge is 0.315 e. The summed E-state index contributed by atoms with van der Waals surface area (Å²) < 4.78 is 5.62. The molecule has 0 aliphatic rings. The first-order valence-corrected chi connectivity index (χ1v) is 7.80. The van der Waals surface area contributed by atoms with Gasteiger partial charge in [0.15, 0.2) is 4.47 Å². The summed E-state index contributed by atoms with van der Waals surface area (Å²) in [5.74, 6) is 2.82. The Morgan fingerprint density at radius 2 is 2.30 bits per heavy atom. The van der Waals surface area contributed by atoms with E-state index in [-0.39, 0.29) is 23.9 Å². The SMILES string of the molecule is C#CCOc1cnc(N(CC)Cc2cnc(Cl)s2)c([N+](=O)[O-])c1. The lowest BCUT2D eigenvalue weighted by atomic mass is 10.3. The van der Waals surface area contributed by atoms with Crippen LogP contribution in [-0.4, -0.2) is 28.0 Å². The van der Waals surface area contributed by atoms with Gasteiger partial charge in [-0.2, -0.15) is 0 Å². The normalized spacial score (nSPS) is 10.1. The predicted octanol–water partition coefficient (Wildman–Crippen LogP) is 3.14. The Labute approximate surface area is 142 Å². The van der Waals surface area contributed by atoms with Crippen LogP contribution in [0.2, 0.25) is 4.47 Å². The average Bonchev–Trinajstić information content (AvgIpc) is 2.95. The number of thiazole rings is 1. The van der Waals surface area contributed by atoms with Crippen LogP contribution < -0.4 is 9.64 Å². The topological polar surface area (TPSA) is 81.4 Å². The molecule has 0 fully saturated rings. The highest BCUT2D eigenvalue weighted by molar-refractivity contribution is 7.15. The lowest BCUT2D eigenvalue weighted by Gasteiger charge is -2.20. The van der Waals surface area contributed by atoms with Crippen LogP contribution in [0.15, 0.2) is 18.5 Å². The van der Waals surface area contributed by atoms with E-state index in [9.17, 15) is 10.1 Å². The predicted molar refractivity (Wildman–Crippen MR) is 89.1 cm³/mol. The van der Waals surface area contributed by atoms with Gasteiger partial charge in [-0.3, -0.25) is 10.1 Å². The molecule has 0 amide bonds. The Morgan fingerprint density at radius 3 is 2.87 bits per heavy atom. The van der Waals surface area contributed by atoms with Crippen molar-refractivity contribution >= 4 is 34.4 Å². The highest BCUT2D eigenvalue weighted by Crippen LogP contribution is 2.31. The van der Waals surface area contributed by atoms with E-state index in [1.54, 1.807) is 11.1 Å². The molecular weight excluding hydrogens is 340 g/mol. The minimum Gasteiger partial charge on any atom is -0.479 e. The first-order chi connectivity index (χ1) is 11.0. The molecule has 0 radical (unpaired) electrons. The number of pyridine rings is 1. The van der Waals surface area contributed by atoms with E-state index in [4.69, 9.17) is 22.8 Å². The number of terminal acetylenes is 1. The van der Waals surface area contributed by atoms with Crippen LogP contribution in [0.3, 0.4) is 0 Å². The molecule has 2 aromatic heterocycles. The van der Waals surface area contributed by atoms with Crippen LogP contribution in [0.1, 0.15) is 11.8 Å². The van der Waals surface area contributed by atoms with E-state index >= 15 is 0 Å². The molecule has 0 unspecified atom stereocenters. The summed E-state index contributed by atoms with van der Waals surface area (Å²) in [7, 11) is 0. The molecule has 2 heterocycles. The van der Waals surface area contributed by atoms with E-state index < -0.39 is 4.92 Å². The van der Waals surface area contributed by atoms with E-state index in [2.05, 4.69) is 15.9 Å². The number of halogens is 1. The second kappa shape index (κ2) is 7.76. The molecule has 0 N–H and O–H groups in total. The van der Waals surface area contributed by atoms with Crippen LogP contribution in [-0.2, 0) is 6.54 Å². The van der Waals surface area contributed by atoms with Crippen LogP contribution in [0.25, 0.3) is 0 Å². The molecule has 0 aromatic carbocycles. The molecular formula is C14H13ClN4O3S. The van der Waals surface area contributed by atoms with E-state index in [1.165, 1.54) is 23.6 Å². The maximum absolute atomic E-state index is 11.3. The maximum Gasteiger partial charge on any atom is 0.315 e. The van der Waals surface area contributed by atoms with Crippen LogP contribution in [0, 0.1) is 22.5 Å². The molecule has 2 aromatic rings. The summed E-state index contributed by atoms with van der Waals surface area (Å²) in [5.41, 5.74) is -0.142. The van der Waals surface area contributed by atoms with Crippen molar-refractivity contribution < 1.29 is 9.66 Å². The highest BCUT2D eigenvalue weighted by Gasteiger charge is 2.22. The van der Waals surface area contributed by atoms with Gasteiger partial charge in [-0.05, 0) is 6.92 Å². The summed E-state index contributed by atoms with van der Waals surface area (Å²) in [6, 6.07) is 1.32. The van der Waals surface area contributed by atoms with Crippen LogP contribution in [0.4, 0.5) is 11.5 Å². The first-order valence-electron chi connectivity index (χ1n) is 6.61. The number of ether oxygens (including phenoxy) is 1. The fourth-order valence-electron chi connectivity index (χ4n) is 1.89. The van der Waals surface area contributed by atoms with Gasteiger partial charge in [0.05, 0.1) is 23.7 Å². The second-order valence-electron chi connectivity index (χ2n) is 4.36. The number of rotatable bonds is 7. The van der Waals surface area contributed by atoms with Crippen molar-refractivity contribution in [1.82, 2.24) is 9.97 Å². The molecule has 23 heavy (non-hydrogen) atoms. The van der Waals surface area contributed by atoms with Crippen molar-refractivity contribution in [2.75, 3.05) is 18.1 Å². The van der Waals surface area contributed by atoms with Crippen molar-refractivity contribution in [3.8, 4) is 18.1 Å². The summed E-state index contributed by atoms with van der Waals surface area (Å²) in [4.78, 5) is 21.6. The Bertz CT molecular complexity index is 744. The fraction of sp³-hybridized carbons (Fsp3) is 0.286. The zero-order chi connectivity index (χ0) is 16.8. The zero-order valence-electron chi connectivity index (χ0n) is 12.2. The summed E-state index contributed by atoms with van der Waals surface area (Å²) >= 11 is 7.14. The summed E-state index contributed by atoms with van der Waals surface area (Å²) in [6.45, 7) is 2.87. The van der Waals surface area contributed by atoms with Gasteiger partial charge in [-0.1, -0.05) is 17.5 Å². The Hall–Kier alpha value is -2.37. The van der Waals surface area contributed by atoms with Crippen molar-refractivity contribution in [2.45, 2.75) is 13.5 Å². The molecule has 0 saturated heterocycles. The number of hydrogen-bond acceptors (Lipinski definition) is 7. The molecule has 7 nitrogen and oxygen atoms in total. The highest BCUT2D eigenvalue weighted by atomic mass is 35.5. The van der Waals surface area contributed by atoms with Crippen molar-refractivity contribution in [3.05, 3.63) is 37.9 Å². The van der Waals surface area contributed by atoms with Gasteiger partial charge in [0.1, 0.15) is 12.4 Å². The van der Waals surface area contributed by atoms with Gasteiger partial charge in [-0.15, -0.1) is 17.8 Å². The van der Waals surface area contributed by atoms with Crippen molar-refractivity contribution in [3.63, 3.8) is 0 Å². The molecule has 0 bridgehead atoms. The Kier molecular flexibility index (Phi) is 5.73. The molecule has 9 heteroatoms. The maximum atomic E-state index is 11.3. The third kappa shape index (κ3) is 4.31. The monoisotopic (exact) mass is 352 g/mol. The lowest BCUT2D eigenvalue weighted by molar-refractivity contribution is -0.384. The average molecular weight is 353 g/mol. The molecule has 0 aliphatic carbocycles. The lowest BCUT2D eigenvalue weighted by Crippen LogP contribution is -2.23. The Balaban J connectivity index is 2.31. The number of hydrogen-bond donors (Lipinski definition) is 0. The van der Waals surface area contributed by atoms with E-state index in [0.29, 0.717) is 17.6 Å². The van der Waals surface area contributed by atoms with Crippen molar-refractivity contribution in [1.29, 1.82) is 0 Å². The number of anilines is 1. The standard InChI is InChI=1S/C14H13ClN4O3S/c1-3-5-22-10-6-12(19(20)21)13(16-7-10)18(4-2)9-11-8-17-14(15)23-11/h1,6-8H,4-5,9H2,2H3. The summed E-state index contributed by atoms with van der Waals surface area (Å²) in [6.07, 6.45) is 8.17. The zero-order valence-corrected chi connectivity index (χ0v) is 13.8. The molecule has 2 rings (SSSR count). The number of nitro groups is 1. The fourth-order valence-corrected chi connectivity index (χ4v) is 2.88. The number of nitrogens with zero attached hydrogens (tertiary/aromatic N) is 4. The molecule has 0 saturated carbocycles. The van der Waals surface area contributed by atoms with E-state index in [1.807, 2.05) is 6.92 Å². The molecule has 0 atom stereocenters. The first kappa shape index (κ1) is 17.0. The third-order valence-corrected chi connectivity index (χ3v) is 3.99. The van der Waals surface area contributed by atoms with Gasteiger partial charge in [-0.25, -0.2) is 9.97 Å². The van der Waals surface area contributed by atoms with Gasteiger partial charge < -0.3 is 9.64 Å². The van der Waals surface area contributed by atoms with E-state index in [0.717, 1.165) is 4.88 Å². The van der Waals surface area contributed by atoms with Gasteiger partial charge in [0.2, 0.25) is 5.82 Å². The largest absolute Gasteiger partial charge is 0.479 e. The minimum absolute atomic E-state index is 0.0229. The Morgan fingerprint density at radius 1 is 1.52 bits per heavy atom. The quantitative estimate of drug-likeness (QED) is 0.432. The van der Waals surface area contributed by atoms with Gasteiger partial charge >= 0.3 is 5.69 Å². The molecule has 0 aliphatic heterocycles. The summed E-state index contributed by atoms with van der Waals surface area (Å²) in [5, 5.41) is 11.3. The minimum atomic E-state index is -0.493. The van der Waals surface area contributed by atoms with Crippen LogP contribution >= 0.6 is 22.9 Å². The molecule has 0 spiro atoms. The van der Waals surface area contributed by atoms with Gasteiger partial charge in [0.25, 0.3) is 0 Å². The number of aromatic nitrogens is 2. The van der Waals surface area contributed by atoms with Crippen LogP contribution in [0.5, 0.6) is 5.75 Å². The molecule has 120 valence electrons. The third-order valence-electron chi connectivity index (χ3n) is 2.89. The van der Waals surface area contributed by atoms with Crippen molar-refractivity contribution in [2.24, 2.45) is 0 Å². The van der Waals surface area contributed by atoms with Gasteiger partial charge in [0, 0.05) is 17.6 Å². The second-order valence-corrected chi connectivity index (χ2v) is 6.05.